The van der Waals surface area contributed by atoms with Gasteiger partial charge in [-0.2, -0.15) is 0 Å². The highest BCUT2D eigenvalue weighted by Crippen LogP contribution is 2.40. The lowest BCUT2D eigenvalue weighted by atomic mass is 9.78. The van der Waals surface area contributed by atoms with E-state index in [1.54, 1.807) is 12.1 Å². The summed E-state index contributed by atoms with van der Waals surface area (Å²) in [4.78, 5) is 2.59. The Labute approximate surface area is 126 Å². The van der Waals surface area contributed by atoms with Gasteiger partial charge in [0.15, 0.2) is 0 Å². The van der Waals surface area contributed by atoms with Crippen LogP contribution in [-0.4, -0.2) is 40.3 Å². The van der Waals surface area contributed by atoms with Gasteiger partial charge in [-0.15, -0.1) is 0 Å². The molecule has 0 amide bonds. The zero-order valence-corrected chi connectivity index (χ0v) is 12.8. The number of aromatic hydroxyl groups is 2. The number of nitrogens with one attached hydrogen (secondary N) is 1. The van der Waals surface area contributed by atoms with E-state index < -0.39 is 0 Å². The van der Waals surface area contributed by atoms with E-state index in [4.69, 9.17) is 0 Å². The number of phenolic OH excluding ortho intramolecular Hbond substituents is 2. The minimum Gasteiger partial charge on any atom is -0.508 e. The third-order valence-electron chi connectivity index (χ3n) is 5.25. The van der Waals surface area contributed by atoms with Gasteiger partial charge < -0.3 is 15.5 Å². The molecule has 4 nitrogen and oxygen atoms in total. The number of nitrogens with zero attached hydrogens (tertiary/aromatic N) is 1. The van der Waals surface area contributed by atoms with Gasteiger partial charge in [0.1, 0.15) is 11.5 Å². The van der Waals surface area contributed by atoms with E-state index >= 15 is 0 Å². The summed E-state index contributed by atoms with van der Waals surface area (Å²) in [6.45, 7) is 5.28. The quantitative estimate of drug-likeness (QED) is 0.784. The van der Waals surface area contributed by atoms with Crippen molar-refractivity contribution in [1.82, 2.24) is 10.2 Å². The van der Waals surface area contributed by atoms with Gasteiger partial charge in [-0.1, -0.05) is 19.3 Å². The second-order valence-corrected chi connectivity index (χ2v) is 6.61. The van der Waals surface area contributed by atoms with Gasteiger partial charge in [-0.25, -0.2) is 0 Å². The molecule has 2 aliphatic rings. The van der Waals surface area contributed by atoms with Crippen LogP contribution in [0.25, 0.3) is 0 Å². The fraction of sp³-hybridized carbons (Fsp3) is 0.647. The van der Waals surface area contributed by atoms with Gasteiger partial charge in [-0.05, 0) is 37.5 Å². The minimum atomic E-state index is 0.143. The summed E-state index contributed by atoms with van der Waals surface area (Å²) in [5.74, 6) is 0.286. The first kappa shape index (κ1) is 14.7. The van der Waals surface area contributed by atoms with Crippen LogP contribution in [0.1, 0.15) is 50.6 Å². The third-order valence-corrected chi connectivity index (χ3v) is 5.25. The summed E-state index contributed by atoms with van der Waals surface area (Å²) < 4.78 is 0. The SMILES string of the molecule is CC(c1cc(O)cc(O)c1)N1CCNCC12CCCCC2. The van der Waals surface area contributed by atoms with E-state index in [-0.39, 0.29) is 23.1 Å². The van der Waals surface area contributed by atoms with E-state index in [0.29, 0.717) is 0 Å². The minimum absolute atomic E-state index is 0.143. The van der Waals surface area contributed by atoms with Crippen LogP contribution in [0.2, 0.25) is 0 Å². The van der Waals surface area contributed by atoms with Crippen molar-refractivity contribution in [3.8, 4) is 11.5 Å². The maximum atomic E-state index is 9.75. The first-order valence-corrected chi connectivity index (χ1v) is 8.11. The number of rotatable bonds is 2. The fourth-order valence-corrected chi connectivity index (χ4v) is 4.18. The topological polar surface area (TPSA) is 55.7 Å². The molecular formula is C17H26N2O2. The van der Waals surface area contributed by atoms with Crippen molar-refractivity contribution in [3.05, 3.63) is 23.8 Å². The van der Waals surface area contributed by atoms with E-state index in [1.807, 2.05) is 0 Å². The van der Waals surface area contributed by atoms with Crippen molar-refractivity contribution in [2.24, 2.45) is 0 Å². The summed E-state index contributed by atoms with van der Waals surface area (Å²) in [7, 11) is 0. The maximum absolute atomic E-state index is 9.75. The van der Waals surface area contributed by atoms with Gasteiger partial charge in [-0.3, -0.25) is 4.90 Å². The predicted molar refractivity (Wildman–Crippen MR) is 83.6 cm³/mol. The Hall–Kier alpha value is -1.26. The molecule has 4 heteroatoms. The Kier molecular flexibility index (Phi) is 4.09. The molecular weight excluding hydrogens is 264 g/mol. The summed E-state index contributed by atoms with van der Waals surface area (Å²) in [6.07, 6.45) is 6.44. The van der Waals surface area contributed by atoms with Gasteiger partial charge in [0.05, 0.1) is 0 Å². The van der Waals surface area contributed by atoms with Crippen molar-refractivity contribution in [2.45, 2.75) is 50.6 Å². The zero-order chi connectivity index (χ0) is 14.9. The van der Waals surface area contributed by atoms with Crippen LogP contribution >= 0.6 is 0 Å². The zero-order valence-electron chi connectivity index (χ0n) is 12.8. The van der Waals surface area contributed by atoms with Crippen LogP contribution in [0, 0.1) is 0 Å². The average Bonchev–Trinajstić information content (AvgIpc) is 2.47. The molecule has 1 aromatic rings. The van der Waals surface area contributed by atoms with Crippen molar-refractivity contribution in [2.75, 3.05) is 19.6 Å². The molecule has 21 heavy (non-hydrogen) atoms. The number of piperazine rings is 1. The van der Waals surface area contributed by atoms with Gasteiger partial charge >= 0.3 is 0 Å². The first-order valence-electron chi connectivity index (χ1n) is 8.11. The van der Waals surface area contributed by atoms with Crippen molar-refractivity contribution in [1.29, 1.82) is 0 Å². The Morgan fingerprint density at radius 3 is 2.43 bits per heavy atom. The molecule has 1 spiro atoms. The molecule has 1 aliphatic carbocycles. The molecule has 1 unspecified atom stereocenters. The van der Waals surface area contributed by atoms with Crippen LogP contribution in [0.15, 0.2) is 18.2 Å². The summed E-state index contributed by atoms with van der Waals surface area (Å²) in [6, 6.07) is 5.17. The molecule has 3 rings (SSSR count). The molecule has 0 aromatic heterocycles. The fourth-order valence-electron chi connectivity index (χ4n) is 4.18. The van der Waals surface area contributed by atoms with E-state index in [1.165, 1.54) is 38.2 Å². The van der Waals surface area contributed by atoms with Gasteiger partial charge in [0.25, 0.3) is 0 Å². The lowest BCUT2D eigenvalue weighted by molar-refractivity contribution is -0.00288. The van der Waals surface area contributed by atoms with Crippen molar-refractivity contribution < 1.29 is 10.2 Å². The maximum Gasteiger partial charge on any atom is 0.119 e. The molecule has 1 saturated heterocycles. The predicted octanol–water partition coefficient (Wildman–Crippen LogP) is 2.77. The highest BCUT2D eigenvalue weighted by Gasteiger charge is 2.42. The summed E-state index contributed by atoms with van der Waals surface area (Å²) in [5.41, 5.74) is 1.25. The number of benzene rings is 1. The van der Waals surface area contributed by atoms with E-state index in [9.17, 15) is 10.2 Å². The number of phenols is 2. The lowest BCUT2D eigenvalue weighted by Gasteiger charge is -2.52. The Morgan fingerprint density at radius 2 is 1.76 bits per heavy atom. The monoisotopic (exact) mass is 290 g/mol. The average molecular weight is 290 g/mol. The summed E-state index contributed by atoms with van der Waals surface area (Å²) >= 11 is 0. The Morgan fingerprint density at radius 1 is 1.10 bits per heavy atom. The van der Waals surface area contributed by atoms with E-state index in [0.717, 1.165) is 25.2 Å². The lowest BCUT2D eigenvalue weighted by Crippen LogP contribution is -2.62. The number of hydrogen-bond donors (Lipinski definition) is 3. The van der Waals surface area contributed by atoms with Crippen LogP contribution in [0.3, 0.4) is 0 Å². The Bertz CT molecular complexity index is 469. The van der Waals surface area contributed by atoms with Crippen LogP contribution in [0.4, 0.5) is 0 Å². The summed E-state index contributed by atoms with van der Waals surface area (Å²) in [5, 5.41) is 23.1. The van der Waals surface area contributed by atoms with Crippen molar-refractivity contribution >= 4 is 0 Å². The van der Waals surface area contributed by atoms with Crippen molar-refractivity contribution in [3.63, 3.8) is 0 Å². The molecule has 0 radical (unpaired) electrons. The molecule has 1 atom stereocenters. The normalized spacial score (nSPS) is 24.0. The van der Waals surface area contributed by atoms with Crippen LogP contribution < -0.4 is 5.32 Å². The van der Waals surface area contributed by atoms with Gasteiger partial charge in [0.2, 0.25) is 0 Å². The smallest absolute Gasteiger partial charge is 0.119 e. The highest BCUT2D eigenvalue weighted by atomic mass is 16.3. The Balaban J connectivity index is 1.88. The highest BCUT2D eigenvalue weighted by molar-refractivity contribution is 5.38. The molecule has 1 aliphatic heterocycles. The molecule has 1 heterocycles. The molecule has 1 aromatic carbocycles. The molecule has 116 valence electrons. The second kappa shape index (κ2) is 5.85. The largest absolute Gasteiger partial charge is 0.508 e. The second-order valence-electron chi connectivity index (χ2n) is 6.61. The van der Waals surface area contributed by atoms with E-state index in [2.05, 4.69) is 17.1 Å². The van der Waals surface area contributed by atoms with Crippen LogP contribution in [0.5, 0.6) is 11.5 Å². The standard InChI is InChI=1S/C17H26N2O2/c1-13(14-9-15(20)11-16(21)10-14)19-8-7-18-12-17(19)5-3-2-4-6-17/h9-11,13,18,20-21H,2-8,12H2,1H3. The number of hydrogen-bond acceptors (Lipinski definition) is 4. The molecule has 3 N–H and O–H groups in total. The molecule has 1 saturated carbocycles. The third kappa shape index (κ3) is 2.87. The molecule has 2 fully saturated rings. The van der Waals surface area contributed by atoms with Crippen LogP contribution in [-0.2, 0) is 0 Å². The first-order chi connectivity index (χ1) is 10.1. The van der Waals surface area contributed by atoms with Gasteiger partial charge in [0, 0.05) is 37.3 Å². The molecule has 0 bridgehead atoms.